The predicted octanol–water partition coefficient (Wildman–Crippen LogP) is 3.40. The maximum atomic E-state index is 9.83. The zero-order chi connectivity index (χ0) is 16.5. The first kappa shape index (κ1) is 17.9. The van der Waals surface area contributed by atoms with Gasteiger partial charge in [0, 0.05) is 19.2 Å². The van der Waals surface area contributed by atoms with Crippen molar-refractivity contribution < 1.29 is 14.6 Å². The molecule has 0 amide bonds. The van der Waals surface area contributed by atoms with Crippen LogP contribution in [0.4, 0.5) is 0 Å². The van der Waals surface area contributed by atoms with E-state index in [2.05, 4.69) is 5.32 Å². The SMILES string of the molecule is OC(CNCCOc1ccc(Cl)c(Cl)c1)COc1ccccc1. The zero-order valence-corrected chi connectivity index (χ0v) is 14.1. The van der Waals surface area contributed by atoms with Crippen LogP contribution in [-0.4, -0.2) is 37.5 Å². The molecule has 2 rings (SSSR count). The summed E-state index contributed by atoms with van der Waals surface area (Å²) in [5, 5.41) is 13.9. The fourth-order valence-corrected chi connectivity index (χ4v) is 2.13. The van der Waals surface area contributed by atoms with Gasteiger partial charge in [-0.25, -0.2) is 0 Å². The van der Waals surface area contributed by atoms with Crippen LogP contribution in [-0.2, 0) is 0 Å². The van der Waals surface area contributed by atoms with Crippen molar-refractivity contribution in [1.29, 1.82) is 0 Å². The third-order valence-electron chi connectivity index (χ3n) is 3.00. The minimum absolute atomic E-state index is 0.241. The van der Waals surface area contributed by atoms with Crippen LogP contribution in [0.5, 0.6) is 11.5 Å². The lowest BCUT2D eigenvalue weighted by Gasteiger charge is -2.13. The fraction of sp³-hybridized carbons (Fsp3) is 0.294. The first-order chi connectivity index (χ1) is 11.1. The molecule has 0 fully saturated rings. The molecule has 23 heavy (non-hydrogen) atoms. The van der Waals surface area contributed by atoms with Gasteiger partial charge in [-0.1, -0.05) is 41.4 Å². The summed E-state index contributed by atoms with van der Waals surface area (Å²) in [6, 6.07) is 14.5. The highest BCUT2D eigenvalue weighted by Gasteiger charge is 2.05. The Kier molecular flexibility index (Phi) is 7.49. The van der Waals surface area contributed by atoms with Crippen LogP contribution in [0.3, 0.4) is 0 Å². The Morgan fingerprint density at radius 3 is 2.48 bits per heavy atom. The summed E-state index contributed by atoms with van der Waals surface area (Å²) in [5.74, 6) is 1.41. The molecule has 0 aliphatic heterocycles. The van der Waals surface area contributed by atoms with Crippen LogP contribution in [0, 0.1) is 0 Å². The first-order valence-electron chi connectivity index (χ1n) is 7.29. The second-order valence-electron chi connectivity index (χ2n) is 4.91. The van der Waals surface area contributed by atoms with E-state index in [1.54, 1.807) is 18.2 Å². The molecule has 0 saturated heterocycles. The Balaban J connectivity index is 1.57. The van der Waals surface area contributed by atoms with Gasteiger partial charge in [0.15, 0.2) is 0 Å². The number of hydrogen-bond acceptors (Lipinski definition) is 4. The highest BCUT2D eigenvalue weighted by Crippen LogP contribution is 2.26. The fourth-order valence-electron chi connectivity index (χ4n) is 1.84. The van der Waals surface area contributed by atoms with Gasteiger partial charge in [-0.2, -0.15) is 0 Å². The van der Waals surface area contributed by atoms with Crippen LogP contribution in [0.25, 0.3) is 0 Å². The van der Waals surface area contributed by atoms with Crippen molar-refractivity contribution in [3.8, 4) is 11.5 Å². The Labute approximate surface area is 145 Å². The predicted molar refractivity (Wildman–Crippen MR) is 92.8 cm³/mol. The summed E-state index contributed by atoms with van der Waals surface area (Å²) < 4.78 is 11.0. The lowest BCUT2D eigenvalue weighted by Crippen LogP contribution is -2.33. The van der Waals surface area contributed by atoms with Gasteiger partial charge in [-0.05, 0) is 24.3 Å². The van der Waals surface area contributed by atoms with Gasteiger partial charge in [-0.3, -0.25) is 0 Å². The average Bonchev–Trinajstić information content (AvgIpc) is 2.57. The third-order valence-corrected chi connectivity index (χ3v) is 3.74. The van der Waals surface area contributed by atoms with Gasteiger partial charge < -0.3 is 19.9 Å². The molecule has 0 bridgehead atoms. The second kappa shape index (κ2) is 9.63. The maximum absolute atomic E-state index is 9.83. The van der Waals surface area contributed by atoms with Gasteiger partial charge >= 0.3 is 0 Å². The molecule has 2 N–H and O–H groups in total. The van der Waals surface area contributed by atoms with Gasteiger partial charge in [0.1, 0.15) is 30.8 Å². The van der Waals surface area contributed by atoms with Crippen LogP contribution in [0.2, 0.25) is 10.0 Å². The number of aliphatic hydroxyl groups is 1. The van der Waals surface area contributed by atoms with E-state index in [4.69, 9.17) is 32.7 Å². The van der Waals surface area contributed by atoms with Crippen LogP contribution in [0.1, 0.15) is 0 Å². The van der Waals surface area contributed by atoms with E-state index < -0.39 is 6.10 Å². The third kappa shape index (κ3) is 6.67. The summed E-state index contributed by atoms with van der Waals surface area (Å²) in [5.41, 5.74) is 0. The Bertz CT molecular complexity index is 596. The van der Waals surface area contributed by atoms with Crippen LogP contribution < -0.4 is 14.8 Å². The Hall–Kier alpha value is -1.46. The zero-order valence-electron chi connectivity index (χ0n) is 12.5. The number of rotatable bonds is 9. The summed E-state index contributed by atoms with van der Waals surface area (Å²) in [4.78, 5) is 0. The molecule has 4 nitrogen and oxygen atoms in total. The van der Waals surface area contributed by atoms with E-state index >= 15 is 0 Å². The van der Waals surface area contributed by atoms with Crippen LogP contribution in [0.15, 0.2) is 48.5 Å². The molecule has 2 aromatic carbocycles. The summed E-state index contributed by atoms with van der Waals surface area (Å²) in [6.45, 7) is 1.73. The van der Waals surface area contributed by atoms with Gasteiger partial charge in [-0.15, -0.1) is 0 Å². The molecule has 6 heteroatoms. The second-order valence-corrected chi connectivity index (χ2v) is 5.72. The first-order valence-corrected chi connectivity index (χ1v) is 8.05. The number of halogens is 2. The molecular weight excluding hydrogens is 337 g/mol. The largest absolute Gasteiger partial charge is 0.492 e. The Morgan fingerprint density at radius 2 is 1.74 bits per heavy atom. The van der Waals surface area contributed by atoms with Crippen molar-refractivity contribution in [3.05, 3.63) is 58.6 Å². The molecule has 1 unspecified atom stereocenters. The molecule has 124 valence electrons. The molecule has 2 aromatic rings. The van der Waals surface area contributed by atoms with E-state index in [-0.39, 0.29) is 6.61 Å². The van der Waals surface area contributed by atoms with Crippen molar-refractivity contribution in [2.75, 3.05) is 26.3 Å². The topological polar surface area (TPSA) is 50.7 Å². The molecule has 0 aliphatic carbocycles. The van der Waals surface area contributed by atoms with Crippen molar-refractivity contribution in [2.24, 2.45) is 0 Å². The summed E-state index contributed by atoms with van der Waals surface area (Å²) >= 11 is 11.7. The quantitative estimate of drug-likeness (QED) is 0.676. The van der Waals surface area contributed by atoms with Crippen molar-refractivity contribution in [1.82, 2.24) is 5.32 Å². The van der Waals surface area contributed by atoms with Crippen molar-refractivity contribution in [3.63, 3.8) is 0 Å². The Morgan fingerprint density at radius 1 is 0.957 bits per heavy atom. The van der Waals surface area contributed by atoms with E-state index in [1.807, 2.05) is 30.3 Å². The molecule has 0 saturated carbocycles. The molecular formula is C17H19Cl2NO3. The van der Waals surface area contributed by atoms with Gasteiger partial charge in [0.25, 0.3) is 0 Å². The molecule has 0 aromatic heterocycles. The standard InChI is InChI=1S/C17H19Cl2NO3/c18-16-7-6-15(10-17(16)19)22-9-8-20-11-13(21)12-23-14-4-2-1-3-5-14/h1-7,10,13,20-21H,8-9,11-12H2. The molecule has 0 aliphatic rings. The minimum Gasteiger partial charge on any atom is -0.492 e. The molecule has 0 spiro atoms. The number of ether oxygens (including phenoxy) is 2. The number of nitrogens with one attached hydrogen (secondary N) is 1. The van der Waals surface area contributed by atoms with Crippen molar-refractivity contribution in [2.45, 2.75) is 6.10 Å². The summed E-state index contributed by atoms with van der Waals surface area (Å²) in [6.07, 6.45) is -0.583. The monoisotopic (exact) mass is 355 g/mol. The summed E-state index contributed by atoms with van der Waals surface area (Å²) in [7, 11) is 0. The van der Waals surface area contributed by atoms with E-state index in [0.717, 1.165) is 5.75 Å². The van der Waals surface area contributed by atoms with Gasteiger partial charge in [0.2, 0.25) is 0 Å². The van der Waals surface area contributed by atoms with Crippen molar-refractivity contribution >= 4 is 23.2 Å². The average molecular weight is 356 g/mol. The number of para-hydroxylation sites is 1. The number of aliphatic hydroxyl groups excluding tert-OH is 1. The molecule has 0 heterocycles. The highest BCUT2D eigenvalue weighted by atomic mass is 35.5. The maximum Gasteiger partial charge on any atom is 0.120 e. The smallest absolute Gasteiger partial charge is 0.120 e. The van der Waals surface area contributed by atoms with Crippen LogP contribution >= 0.6 is 23.2 Å². The minimum atomic E-state index is -0.583. The van der Waals surface area contributed by atoms with E-state index in [0.29, 0.717) is 35.5 Å². The number of hydrogen-bond donors (Lipinski definition) is 2. The van der Waals surface area contributed by atoms with E-state index in [1.165, 1.54) is 0 Å². The number of benzene rings is 2. The lowest BCUT2D eigenvalue weighted by atomic mass is 10.3. The molecule has 0 radical (unpaired) electrons. The molecule has 1 atom stereocenters. The normalized spacial score (nSPS) is 12.0. The van der Waals surface area contributed by atoms with E-state index in [9.17, 15) is 5.11 Å². The van der Waals surface area contributed by atoms with Gasteiger partial charge in [0.05, 0.1) is 10.0 Å². The lowest BCUT2D eigenvalue weighted by molar-refractivity contribution is 0.105. The highest BCUT2D eigenvalue weighted by molar-refractivity contribution is 6.42.